The fourth-order valence-electron chi connectivity index (χ4n) is 6.88. The van der Waals surface area contributed by atoms with Crippen molar-refractivity contribution >= 4 is 43.7 Å². The van der Waals surface area contributed by atoms with Gasteiger partial charge < -0.3 is 20.0 Å². The Kier molecular flexibility index (Phi) is 34.5. The van der Waals surface area contributed by atoms with Crippen molar-refractivity contribution in [1.82, 2.24) is 0 Å². The van der Waals surface area contributed by atoms with E-state index in [9.17, 15) is 36.2 Å². The van der Waals surface area contributed by atoms with Gasteiger partial charge in [-0.25, -0.2) is 0 Å². The van der Waals surface area contributed by atoms with Gasteiger partial charge in [-0.15, -0.1) is 0 Å². The first kappa shape index (κ1) is 58.8. The van der Waals surface area contributed by atoms with Crippen LogP contribution in [0.4, 0.5) is 11.4 Å². The van der Waals surface area contributed by atoms with E-state index in [4.69, 9.17) is 0 Å². The zero-order valence-electron chi connectivity index (χ0n) is 37.4. The molecule has 2 N–H and O–H groups in total. The molecule has 0 saturated heterocycles. The smallest absolute Gasteiger partial charge is 0.846 e. The molecule has 0 bridgehead atoms. The van der Waals surface area contributed by atoms with E-state index < -0.39 is 20.2 Å². The van der Waals surface area contributed by atoms with Gasteiger partial charge in [0, 0.05) is 37.6 Å². The summed E-state index contributed by atoms with van der Waals surface area (Å²) in [6.45, 7) is 6.02. The Morgan fingerprint density at radius 2 is 0.700 bits per heavy atom. The number of hydrogen-bond donors (Lipinski definition) is 2. The molecule has 0 fully saturated rings. The molecular formula is C44H72N4Na2O8S2. The van der Waals surface area contributed by atoms with E-state index in [0.717, 1.165) is 51.4 Å². The molecule has 0 saturated carbocycles. The van der Waals surface area contributed by atoms with Crippen LogP contribution in [0.3, 0.4) is 0 Å². The fraction of sp³-hybridized carbons (Fsp3) is 0.682. The Labute approximate surface area is 407 Å². The molecule has 0 aliphatic carbocycles. The van der Waals surface area contributed by atoms with Crippen molar-refractivity contribution < 1.29 is 95.3 Å². The van der Waals surface area contributed by atoms with Crippen molar-refractivity contribution in [3.63, 3.8) is 0 Å². The Balaban J connectivity index is 0.0000174. The molecule has 0 radical (unpaired) electrons. The first-order chi connectivity index (χ1) is 27.9. The first-order valence-corrected chi connectivity index (χ1v) is 24.9. The zero-order chi connectivity index (χ0) is 42.5. The third-order valence-corrected chi connectivity index (χ3v) is 12.1. The van der Waals surface area contributed by atoms with Crippen LogP contribution < -0.4 is 79.1 Å². The van der Waals surface area contributed by atoms with Crippen molar-refractivity contribution in [3.05, 3.63) is 48.5 Å². The molecule has 0 atom stereocenters. The summed E-state index contributed by atoms with van der Waals surface area (Å²) in [5.41, 5.74) is 1.06. The molecule has 12 nitrogen and oxygen atoms in total. The number of nitrogens with zero attached hydrogens (tertiary/aromatic N) is 4. The van der Waals surface area contributed by atoms with Crippen molar-refractivity contribution in [2.24, 2.45) is 9.98 Å². The molecule has 0 heterocycles. The molecule has 2 aromatic rings. The van der Waals surface area contributed by atoms with Crippen molar-refractivity contribution in [3.8, 4) is 0 Å². The van der Waals surface area contributed by atoms with Crippen LogP contribution in [0.1, 0.15) is 168 Å². The maximum Gasteiger partial charge on any atom is 1.00 e. The summed E-state index contributed by atoms with van der Waals surface area (Å²) in [6.07, 6.45) is 26.2. The predicted molar refractivity (Wildman–Crippen MR) is 234 cm³/mol. The van der Waals surface area contributed by atoms with Crippen LogP contribution in [0.15, 0.2) is 68.3 Å². The van der Waals surface area contributed by atoms with Crippen LogP contribution in [-0.2, 0) is 20.2 Å². The van der Waals surface area contributed by atoms with Gasteiger partial charge in [0.15, 0.2) is 0 Å². The topological polar surface area (TPSA) is 186 Å². The van der Waals surface area contributed by atoms with Crippen LogP contribution in [-0.4, -0.2) is 64.2 Å². The number of unbranched alkanes of at least 4 members (excludes halogenated alkanes) is 21. The van der Waals surface area contributed by atoms with Crippen molar-refractivity contribution in [1.29, 1.82) is 0 Å². The maximum absolute atomic E-state index is 13.3. The molecule has 60 heavy (non-hydrogen) atoms. The second-order valence-electron chi connectivity index (χ2n) is 15.3. The number of aliphatic imine (C=N–C) groups is 2. The van der Waals surface area contributed by atoms with Crippen LogP contribution >= 0.6 is 0 Å². The number of rotatable bonds is 33. The van der Waals surface area contributed by atoms with Crippen LogP contribution in [0.2, 0.25) is 0 Å². The number of benzene rings is 2. The largest absolute Gasteiger partial charge is 1.00 e. The molecule has 0 spiro atoms. The minimum absolute atomic E-state index is 0. The summed E-state index contributed by atoms with van der Waals surface area (Å²) in [4.78, 5) is 11.3. The Morgan fingerprint density at radius 3 is 0.967 bits per heavy atom. The van der Waals surface area contributed by atoms with E-state index >= 15 is 0 Å². The average Bonchev–Trinajstić information content (AvgIpc) is 3.19. The van der Waals surface area contributed by atoms with Crippen LogP contribution in [0.25, 0.3) is 0 Å². The number of hydrogen-bond acceptors (Lipinski definition) is 8. The third-order valence-electron chi connectivity index (χ3n) is 10.4. The number of amidine groups is 2. The van der Waals surface area contributed by atoms with Crippen molar-refractivity contribution in [2.75, 3.05) is 36.0 Å². The summed E-state index contributed by atoms with van der Waals surface area (Å²) < 4.78 is 65.0. The minimum Gasteiger partial charge on any atom is -0.846 e. The zero-order valence-corrected chi connectivity index (χ0v) is 43.0. The summed E-state index contributed by atoms with van der Waals surface area (Å²) in [6, 6.07) is 10.5. The summed E-state index contributed by atoms with van der Waals surface area (Å²) in [5.74, 6) is 0. The minimum atomic E-state index is -4.35. The van der Waals surface area contributed by atoms with E-state index in [0.29, 0.717) is 50.4 Å². The molecule has 0 aliphatic rings. The second kappa shape index (κ2) is 35.2. The molecule has 2 rings (SSSR count). The molecule has 0 aromatic heterocycles. The van der Waals surface area contributed by atoms with Crippen LogP contribution in [0.5, 0.6) is 0 Å². The molecule has 16 heteroatoms. The van der Waals surface area contributed by atoms with Gasteiger partial charge in [-0.1, -0.05) is 142 Å². The van der Waals surface area contributed by atoms with Gasteiger partial charge in [0.25, 0.3) is 20.2 Å². The standard InChI is InChI=1S/C44H74N4O8S2.2Na/c1-3-5-7-9-11-13-15-17-21-25-37-47(39-27-31-41(32-28-39)57(51,52)53)43(49)45-35-23-19-20-24-36-46-44(50)48(40-29-33-42(34-30-40)58(54,55)56)38-26-22-18-16-14-12-10-8-6-4-2;;/h27-34H,3-26,35-38H2,1-2H3,(H,45,49)(H,46,50)(H,51,52,53)(H,54,55,56);;/q;2*+1/p-2. The van der Waals surface area contributed by atoms with E-state index in [1.165, 1.54) is 138 Å². The van der Waals surface area contributed by atoms with Crippen LogP contribution in [0, 0.1) is 0 Å². The predicted octanol–water partition coefficient (Wildman–Crippen LogP) is 3.34. The molecule has 2 aromatic carbocycles. The third kappa shape index (κ3) is 26.4. The van der Waals surface area contributed by atoms with Crippen molar-refractivity contribution in [2.45, 2.75) is 178 Å². The van der Waals surface area contributed by atoms with Gasteiger partial charge in [0.05, 0.1) is 21.8 Å². The SMILES string of the molecule is CCCCCCCCCCCCN(C([O-])=NCCCCCCN=C([O-])N(CCCCCCCCCCCC)c1ccc(S(=O)(=O)O)cc1)c1ccc(S(=O)(=O)O)cc1.[Na+].[Na+]. The quantitative estimate of drug-likeness (QED) is 0.0354. The summed E-state index contributed by atoms with van der Waals surface area (Å²) in [7, 11) is -8.70. The summed E-state index contributed by atoms with van der Waals surface area (Å²) in [5, 5.41) is 26.5. The fourth-order valence-corrected chi connectivity index (χ4v) is 7.84. The normalized spacial score (nSPS) is 12.2. The maximum atomic E-state index is 13.3. The van der Waals surface area contributed by atoms with E-state index in [1.54, 1.807) is 9.80 Å². The monoisotopic (exact) mass is 894 g/mol. The number of anilines is 2. The molecule has 0 unspecified atom stereocenters. The van der Waals surface area contributed by atoms with Gasteiger partial charge in [-0.05, 0) is 74.2 Å². The van der Waals surface area contributed by atoms with Gasteiger partial charge in [-0.3, -0.25) is 19.1 Å². The average molecular weight is 895 g/mol. The summed E-state index contributed by atoms with van der Waals surface area (Å²) >= 11 is 0. The molecular weight excluding hydrogens is 823 g/mol. The second-order valence-corrected chi connectivity index (χ2v) is 18.2. The Hall–Kier alpha value is -1.20. The van der Waals surface area contributed by atoms with E-state index in [1.807, 2.05) is 0 Å². The van der Waals surface area contributed by atoms with Gasteiger partial charge in [0.1, 0.15) is 0 Å². The molecule has 0 aliphatic heterocycles. The van der Waals surface area contributed by atoms with Gasteiger partial charge in [0.2, 0.25) is 0 Å². The van der Waals surface area contributed by atoms with Gasteiger partial charge >= 0.3 is 59.1 Å². The Morgan fingerprint density at radius 1 is 0.450 bits per heavy atom. The van der Waals surface area contributed by atoms with E-state index in [2.05, 4.69) is 23.8 Å². The first-order valence-electron chi connectivity index (χ1n) is 22.0. The molecule has 330 valence electrons. The van der Waals surface area contributed by atoms with Gasteiger partial charge in [-0.2, -0.15) is 16.8 Å². The van der Waals surface area contributed by atoms with E-state index in [-0.39, 0.29) is 80.9 Å². The molecule has 0 amide bonds. The Bertz CT molecular complexity index is 1540.